The van der Waals surface area contributed by atoms with Crippen LogP contribution in [0.5, 0.6) is 5.75 Å². The summed E-state index contributed by atoms with van der Waals surface area (Å²) < 4.78 is 17.0. The van der Waals surface area contributed by atoms with E-state index < -0.39 is 0 Å². The zero-order valence-electron chi connectivity index (χ0n) is 13.7. The van der Waals surface area contributed by atoms with E-state index in [-0.39, 0.29) is 6.10 Å². The monoisotopic (exact) mass is 337 g/mol. The lowest BCUT2D eigenvalue weighted by Gasteiger charge is -2.19. The molecule has 25 heavy (non-hydrogen) atoms. The lowest BCUT2D eigenvalue weighted by Crippen LogP contribution is -2.33. The van der Waals surface area contributed by atoms with Crippen LogP contribution in [0.1, 0.15) is 17.6 Å². The third-order valence-corrected chi connectivity index (χ3v) is 4.01. The Balaban J connectivity index is 1.53. The fourth-order valence-corrected chi connectivity index (χ4v) is 2.71. The Morgan fingerprint density at radius 1 is 1.08 bits per heavy atom. The molecule has 1 N–H and O–H groups in total. The molecule has 0 radical (unpaired) electrons. The van der Waals surface area contributed by atoms with Crippen LogP contribution in [-0.2, 0) is 11.3 Å². The minimum absolute atomic E-state index is 0.201. The number of ether oxygens (including phenoxy) is 2. The average Bonchev–Trinajstić information content (AvgIpc) is 3.18. The van der Waals surface area contributed by atoms with Gasteiger partial charge in [0.1, 0.15) is 18.5 Å². The standard InChI is InChI=1S/C19H19N3O3/c1-2-6-14(7-3-1)13-24-16-9-5-4-8-15(16)18-21-19(25-22-18)17-12-20-10-11-23-17/h1-9,17,20H,10-13H2/t17-/m0/s1. The molecule has 6 nitrogen and oxygen atoms in total. The molecule has 3 aromatic rings. The largest absolute Gasteiger partial charge is 0.488 e. The fraction of sp³-hybridized carbons (Fsp3) is 0.263. The molecule has 1 aliphatic heterocycles. The van der Waals surface area contributed by atoms with Crippen molar-refractivity contribution in [2.75, 3.05) is 19.7 Å². The molecule has 2 aromatic carbocycles. The number of morpholine rings is 1. The zero-order chi connectivity index (χ0) is 16.9. The van der Waals surface area contributed by atoms with E-state index in [2.05, 4.69) is 15.5 Å². The summed E-state index contributed by atoms with van der Waals surface area (Å²) >= 11 is 0. The lowest BCUT2D eigenvalue weighted by molar-refractivity contribution is 0.00755. The molecule has 0 spiro atoms. The van der Waals surface area contributed by atoms with Crippen molar-refractivity contribution >= 4 is 0 Å². The molecule has 4 rings (SSSR count). The van der Waals surface area contributed by atoms with Crippen LogP contribution in [0.2, 0.25) is 0 Å². The summed E-state index contributed by atoms with van der Waals surface area (Å²) in [6, 6.07) is 17.7. The topological polar surface area (TPSA) is 69.4 Å². The summed E-state index contributed by atoms with van der Waals surface area (Å²) in [6.07, 6.45) is -0.201. The van der Waals surface area contributed by atoms with Crippen LogP contribution in [0.15, 0.2) is 59.1 Å². The van der Waals surface area contributed by atoms with Crippen LogP contribution >= 0.6 is 0 Å². The van der Waals surface area contributed by atoms with E-state index in [1.165, 1.54) is 0 Å². The van der Waals surface area contributed by atoms with Crippen LogP contribution in [0.4, 0.5) is 0 Å². The Bertz CT molecular complexity index is 814. The number of hydrogen-bond donors (Lipinski definition) is 1. The van der Waals surface area contributed by atoms with Gasteiger partial charge in [0.2, 0.25) is 5.82 Å². The van der Waals surface area contributed by atoms with Crippen molar-refractivity contribution in [1.29, 1.82) is 0 Å². The van der Waals surface area contributed by atoms with Crippen molar-refractivity contribution in [1.82, 2.24) is 15.5 Å². The van der Waals surface area contributed by atoms with Gasteiger partial charge >= 0.3 is 0 Å². The van der Waals surface area contributed by atoms with E-state index in [1.807, 2.05) is 54.6 Å². The molecular weight excluding hydrogens is 318 g/mol. The molecule has 0 aliphatic carbocycles. The van der Waals surface area contributed by atoms with Crippen molar-refractivity contribution in [2.45, 2.75) is 12.7 Å². The minimum Gasteiger partial charge on any atom is -0.488 e. The first kappa shape index (κ1) is 15.8. The van der Waals surface area contributed by atoms with Crippen LogP contribution in [0.25, 0.3) is 11.4 Å². The number of para-hydroxylation sites is 1. The minimum atomic E-state index is -0.201. The highest BCUT2D eigenvalue weighted by atomic mass is 16.5. The van der Waals surface area contributed by atoms with E-state index in [1.54, 1.807) is 0 Å². The number of benzene rings is 2. The maximum absolute atomic E-state index is 5.97. The van der Waals surface area contributed by atoms with E-state index in [9.17, 15) is 0 Å². The highest BCUT2D eigenvalue weighted by Gasteiger charge is 2.23. The third kappa shape index (κ3) is 3.70. The van der Waals surface area contributed by atoms with Gasteiger partial charge < -0.3 is 19.3 Å². The Kier molecular flexibility index (Phi) is 4.72. The molecule has 1 aromatic heterocycles. The van der Waals surface area contributed by atoms with Crippen molar-refractivity contribution in [3.05, 3.63) is 66.1 Å². The first-order valence-electron chi connectivity index (χ1n) is 8.32. The number of hydrogen-bond acceptors (Lipinski definition) is 6. The van der Waals surface area contributed by atoms with Gasteiger partial charge in [0, 0.05) is 13.1 Å². The zero-order valence-corrected chi connectivity index (χ0v) is 13.7. The normalized spacial score (nSPS) is 17.4. The highest BCUT2D eigenvalue weighted by Crippen LogP contribution is 2.29. The molecule has 0 amide bonds. The quantitative estimate of drug-likeness (QED) is 0.772. The summed E-state index contributed by atoms with van der Waals surface area (Å²) in [6.45, 7) is 2.64. The maximum Gasteiger partial charge on any atom is 0.257 e. The number of rotatable bonds is 5. The SMILES string of the molecule is c1ccc(COc2ccccc2-c2noc([C@@H]3CNCCO3)n2)cc1. The van der Waals surface area contributed by atoms with Gasteiger partial charge in [0.15, 0.2) is 0 Å². The van der Waals surface area contributed by atoms with Crippen molar-refractivity contribution < 1.29 is 14.0 Å². The molecule has 1 fully saturated rings. The first-order valence-corrected chi connectivity index (χ1v) is 8.32. The molecule has 2 heterocycles. The van der Waals surface area contributed by atoms with Crippen molar-refractivity contribution in [3.63, 3.8) is 0 Å². The number of nitrogens with one attached hydrogen (secondary N) is 1. The smallest absolute Gasteiger partial charge is 0.257 e. The van der Waals surface area contributed by atoms with Gasteiger partial charge in [-0.2, -0.15) is 4.98 Å². The first-order chi connectivity index (χ1) is 12.4. The molecule has 0 bridgehead atoms. The highest BCUT2D eigenvalue weighted by molar-refractivity contribution is 5.63. The van der Waals surface area contributed by atoms with Crippen LogP contribution in [-0.4, -0.2) is 29.8 Å². The van der Waals surface area contributed by atoms with Crippen LogP contribution in [0, 0.1) is 0 Å². The summed E-state index contributed by atoms with van der Waals surface area (Å²) in [7, 11) is 0. The second-order valence-electron chi connectivity index (χ2n) is 5.79. The molecule has 0 saturated carbocycles. The Morgan fingerprint density at radius 2 is 1.92 bits per heavy atom. The van der Waals surface area contributed by atoms with E-state index in [4.69, 9.17) is 14.0 Å². The van der Waals surface area contributed by atoms with Gasteiger partial charge in [-0.1, -0.05) is 47.6 Å². The molecule has 1 atom stereocenters. The molecule has 128 valence electrons. The molecule has 6 heteroatoms. The summed E-state index contributed by atoms with van der Waals surface area (Å²) in [5, 5.41) is 7.36. The van der Waals surface area contributed by atoms with Crippen molar-refractivity contribution in [2.24, 2.45) is 0 Å². The third-order valence-electron chi connectivity index (χ3n) is 4.01. The Morgan fingerprint density at radius 3 is 2.76 bits per heavy atom. The predicted octanol–water partition coefficient (Wildman–Crippen LogP) is 2.98. The number of aromatic nitrogens is 2. The Labute approximate surface area is 145 Å². The van der Waals surface area contributed by atoms with Crippen molar-refractivity contribution in [3.8, 4) is 17.1 Å². The molecule has 0 unspecified atom stereocenters. The van der Waals surface area contributed by atoms with Gasteiger partial charge in [0.25, 0.3) is 5.89 Å². The van der Waals surface area contributed by atoms with E-state index in [0.29, 0.717) is 31.5 Å². The second kappa shape index (κ2) is 7.46. The van der Waals surface area contributed by atoms with Crippen LogP contribution in [0.3, 0.4) is 0 Å². The Hall–Kier alpha value is -2.70. The van der Waals surface area contributed by atoms with E-state index >= 15 is 0 Å². The van der Waals surface area contributed by atoms with Gasteiger partial charge in [-0.15, -0.1) is 0 Å². The summed E-state index contributed by atoms with van der Waals surface area (Å²) in [4.78, 5) is 4.50. The van der Waals surface area contributed by atoms with Gasteiger partial charge in [-0.25, -0.2) is 0 Å². The van der Waals surface area contributed by atoms with Crippen LogP contribution < -0.4 is 10.1 Å². The summed E-state index contributed by atoms with van der Waals surface area (Å²) in [5.41, 5.74) is 1.91. The van der Waals surface area contributed by atoms with Gasteiger partial charge in [0.05, 0.1) is 12.2 Å². The maximum atomic E-state index is 5.97. The number of nitrogens with zero attached hydrogens (tertiary/aromatic N) is 2. The lowest BCUT2D eigenvalue weighted by atomic mass is 10.2. The van der Waals surface area contributed by atoms with E-state index in [0.717, 1.165) is 23.4 Å². The molecular formula is C19H19N3O3. The average molecular weight is 337 g/mol. The van der Waals surface area contributed by atoms with Gasteiger partial charge in [-0.05, 0) is 17.7 Å². The molecule has 1 saturated heterocycles. The fourth-order valence-electron chi connectivity index (χ4n) is 2.71. The second-order valence-corrected chi connectivity index (χ2v) is 5.79. The van der Waals surface area contributed by atoms with Gasteiger partial charge in [-0.3, -0.25) is 0 Å². The predicted molar refractivity (Wildman–Crippen MR) is 92.1 cm³/mol. The summed E-state index contributed by atoms with van der Waals surface area (Å²) in [5.74, 6) is 1.72. The molecule has 1 aliphatic rings.